The van der Waals surface area contributed by atoms with E-state index in [0.29, 0.717) is 5.82 Å². The van der Waals surface area contributed by atoms with Crippen LogP contribution in [-0.2, 0) is 6.42 Å². The molecule has 78 valence electrons. The van der Waals surface area contributed by atoms with Gasteiger partial charge in [-0.3, -0.25) is 0 Å². The van der Waals surface area contributed by atoms with Crippen LogP contribution >= 0.6 is 0 Å². The highest BCUT2D eigenvalue weighted by molar-refractivity contribution is 5.86. The second-order valence-corrected chi connectivity index (χ2v) is 3.41. The molecule has 4 nitrogen and oxygen atoms in total. The van der Waals surface area contributed by atoms with Crippen LogP contribution in [-0.4, -0.2) is 21.0 Å². The summed E-state index contributed by atoms with van der Waals surface area (Å²) < 4.78 is 0. The summed E-state index contributed by atoms with van der Waals surface area (Å²) in [6, 6.07) is 0. The number of aromatic nitrogens is 2. The second-order valence-electron chi connectivity index (χ2n) is 3.41. The zero-order chi connectivity index (χ0) is 10.6. The molecule has 1 rings (SSSR count). The molecule has 1 aromatic heterocycles. The third kappa shape index (κ3) is 2.58. The number of carbonyl (C=O) groups is 1. The van der Waals surface area contributed by atoms with Crippen molar-refractivity contribution in [3.8, 4) is 0 Å². The number of aryl methyl sites for hydroxylation is 2. The molecule has 0 fully saturated rings. The number of H-pyrrole nitrogens is 1. The molecule has 14 heavy (non-hydrogen) atoms. The molecular weight excluding hydrogens is 180 g/mol. The third-order valence-corrected chi connectivity index (χ3v) is 2.13. The highest BCUT2D eigenvalue weighted by atomic mass is 16.4. The maximum Gasteiger partial charge on any atom is 0.356 e. The highest BCUT2D eigenvalue weighted by Gasteiger charge is 2.14. The van der Waals surface area contributed by atoms with E-state index in [4.69, 9.17) is 5.11 Å². The van der Waals surface area contributed by atoms with Crippen LogP contribution in [0.5, 0.6) is 0 Å². The molecule has 0 saturated heterocycles. The molecule has 2 N–H and O–H groups in total. The van der Waals surface area contributed by atoms with E-state index in [0.717, 1.165) is 31.4 Å². The molecule has 0 radical (unpaired) electrons. The Kier molecular flexibility index (Phi) is 3.68. The molecule has 1 aromatic rings. The first-order chi connectivity index (χ1) is 6.65. The standard InChI is InChI=1S/C10H16N2O2/c1-3-4-5-6-8-9(10(13)14)12-7(2)11-8/h3-6H2,1-2H3,(H,11,12)(H,13,14). The molecule has 0 aliphatic rings. The Bertz CT molecular complexity index is 318. The van der Waals surface area contributed by atoms with Crippen molar-refractivity contribution in [2.24, 2.45) is 0 Å². The fourth-order valence-corrected chi connectivity index (χ4v) is 1.45. The van der Waals surface area contributed by atoms with Gasteiger partial charge in [0.25, 0.3) is 0 Å². The van der Waals surface area contributed by atoms with Crippen molar-refractivity contribution in [2.75, 3.05) is 0 Å². The van der Waals surface area contributed by atoms with E-state index < -0.39 is 5.97 Å². The van der Waals surface area contributed by atoms with E-state index in [1.54, 1.807) is 6.92 Å². The van der Waals surface area contributed by atoms with E-state index in [1.165, 1.54) is 0 Å². The van der Waals surface area contributed by atoms with E-state index in [9.17, 15) is 4.79 Å². The molecule has 0 aliphatic carbocycles. The average molecular weight is 196 g/mol. The van der Waals surface area contributed by atoms with Gasteiger partial charge in [0.05, 0.1) is 0 Å². The molecule has 0 aliphatic heterocycles. The summed E-state index contributed by atoms with van der Waals surface area (Å²) in [5.41, 5.74) is 0.932. The van der Waals surface area contributed by atoms with Gasteiger partial charge >= 0.3 is 5.97 Å². The monoisotopic (exact) mass is 196 g/mol. The molecule has 0 bridgehead atoms. The summed E-state index contributed by atoms with van der Waals surface area (Å²) >= 11 is 0. The minimum atomic E-state index is -0.944. The maximum atomic E-state index is 10.8. The first-order valence-corrected chi connectivity index (χ1v) is 4.94. The molecule has 0 amide bonds. The van der Waals surface area contributed by atoms with Gasteiger partial charge < -0.3 is 10.1 Å². The van der Waals surface area contributed by atoms with Crippen molar-refractivity contribution >= 4 is 5.97 Å². The molecule has 0 unspecified atom stereocenters. The number of hydrogen-bond donors (Lipinski definition) is 2. The summed E-state index contributed by atoms with van der Waals surface area (Å²) in [5, 5.41) is 8.85. The lowest BCUT2D eigenvalue weighted by Gasteiger charge is -1.97. The van der Waals surface area contributed by atoms with Gasteiger partial charge in [0.2, 0.25) is 0 Å². The van der Waals surface area contributed by atoms with Crippen LogP contribution in [0.3, 0.4) is 0 Å². The van der Waals surface area contributed by atoms with Gasteiger partial charge in [-0.25, -0.2) is 9.78 Å². The van der Waals surface area contributed by atoms with Gasteiger partial charge in [-0.1, -0.05) is 19.8 Å². The highest BCUT2D eigenvalue weighted by Crippen LogP contribution is 2.10. The minimum Gasteiger partial charge on any atom is -0.476 e. The first-order valence-electron chi connectivity index (χ1n) is 4.94. The number of nitrogens with zero attached hydrogens (tertiary/aromatic N) is 1. The lowest BCUT2D eigenvalue weighted by molar-refractivity contribution is 0.0689. The molecule has 0 spiro atoms. The normalized spacial score (nSPS) is 10.4. The Balaban J connectivity index is 2.69. The third-order valence-electron chi connectivity index (χ3n) is 2.13. The number of hydrogen-bond acceptors (Lipinski definition) is 2. The predicted molar refractivity (Wildman–Crippen MR) is 53.5 cm³/mol. The maximum absolute atomic E-state index is 10.8. The van der Waals surface area contributed by atoms with Crippen molar-refractivity contribution in [2.45, 2.75) is 39.5 Å². The van der Waals surface area contributed by atoms with Crippen LogP contribution < -0.4 is 0 Å². The van der Waals surface area contributed by atoms with Gasteiger partial charge in [-0.05, 0) is 19.8 Å². The number of unbranched alkanes of at least 4 members (excludes halogenated alkanes) is 2. The van der Waals surface area contributed by atoms with Crippen LogP contribution in [0, 0.1) is 6.92 Å². The largest absolute Gasteiger partial charge is 0.476 e. The molecule has 0 aromatic carbocycles. The lowest BCUT2D eigenvalue weighted by Crippen LogP contribution is -2.02. The Morgan fingerprint density at radius 2 is 2.21 bits per heavy atom. The average Bonchev–Trinajstić information content (AvgIpc) is 2.47. The van der Waals surface area contributed by atoms with Crippen LogP contribution in [0.15, 0.2) is 0 Å². The summed E-state index contributed by atoms with van der Waals surface area (Å²) in [7, 11) is 0. The summed E-state index contributed by atoms with van der Waals surface area (Å²) in [5.74, 6) is -0.269. The van der Waals surface area contributed by atoms with Gasteiger partial charge in [-0.15, -0.1) is 0 Å². The number of rotatable bonds is 5. The SMILES string of the molecule is CCCCCc1[nH]c(C)nc1C(=O)O. The topological polar surface area (TPSA) is 66.0 Å². The number of nitrogens with one attached hydrogen (secondary N) is 1. The zero-order valence-corrected chi connectivity index (χ0v) is 8.63. The second kappa shape index (κ2) is 4.79. The molecule has 0 saturated carbocycles. The zero-order valence-electron chi connectivity index (χ0n) is 8.63. The summed E-state index contributed by atoms with van der Waals surface area (Å²) in [6.07, 6.45) is 4.04. The molecular formula is C10H16N2O2. The predicted octanol–water partition coefficient (Wildman–Crippen LogP) is 2.15. The molecule has 1 heterocycles. The Morgan fingerprint density at radius 1 is 1.50 bits per heavy atom. The van der Waals surface area contributed by atoms with Gasteiger partial charge in [-0.2, -0.15) is 0 Å². The van der Waals surface area contributed by atoms with Crippen molar-refractivity contribution in [3.05, 3.63) is 17.2 Å². The smallest absolute Gasteiger partial charge is 0.356 e. The van der Waals surface area contributed by atoms with E-state index in [1.807, 2.05) is 0 Å². The van der Waals surface area contributed by atoms with Crippen LogP contribution in [0.4, 0.5) is 0 Å². The van der Waals surface area contributed by atoms with Crippen molar-refractivity contribution < 1.29 is 9.90 Å². The van der Waals surface area contributed by atoms with Gasteiger partial charge in [0.15, 0.2) is 5.69 Å². The van der Waals surface area contributed by atoms with Crippen LogP contribution in [0.25, 0.3) is 0 Å². The van der Waals surface area contributed by atoms with Gasteiger partial charge in [0, 0.05) is 5.69 Å². The Labute approximate surface area is 83.4 Å². The lowest BCUT2D eigenvalue weighted by atomic mass is 10.1. The quantitative estimate of drug-likeness (QED) is 0.709. The Morgan fingerprint density at radius 3 is 2.79 bits per heavy atom. The Hall–Kier alpha value is -1.32. The van der Waals surface area contributed by atoms with E-state index in [-0.39, 0.29) is 5.69 Å². The number of carboxylic acid groups (broad SMARTS) is 1. The number of carboxylic acids is 1. The number of aromatic amines is 1. The van der Waals surface area contributed by atoms with Crippen LogP contribution in [0.2, 0.25) is 0 Å². The van der Waals surface area contributed by atoms with E-state index >= 15 is 0 Å². The van der Waals surface area contributed by atoms with E-state index in [2.05, 4.69) is 16.9 Å². The number of imidazole rings is 1. The minimum absolute atomic E-state index is 0.179. The van der Waals surface area contributed by atoms with Crippen LogP contribution in [0.1, 0.15) is 48.2 Å². The fourth-order valence-electron chi connectivity index (χ4n) is 1.45. The van der Waals surface area contributed by atoms with Crippen molar-refractivity contribution in [3.63, 3.8) is 0 Å². The van der Waals surface area contributed by atoms with Crippen molar-refractivity contribution in [1.82, 2.24) is 9.97 Å². The number of aromatic carboxylic acids is 1. The molecule has 0 atom stereocenters. The van der Waals surface area contributed by atoms with Gasteiger partial charge in [0.1, 0.15) is 5.82 Å². The summed E-state index contributed by atoms with van der Waals surface area (Å²) in [4.78, 5) is 17.7. The summed E-state index contributed by atoms with van der Waals surface area (Å²) in [6.45, 7) is 3.89. The fraction of sp³-hybridized carbons (Fsp3) is 0.600. The van der Waals surface area contributed by atoms with Crippen molar-refractivity contribution in [1.29, 1.82) is 0 Å². The molecule has 4 heteroatoms. The first kappa shape index (κ1) is 10.8.